The van der Waals surface area contributed by atoms with Gasteiger partial charge in [0, 0.05) is 19.6 Å². The Morgan fingerprint density at radius 1 is 1.47 bits per heavy atom. The van der Waals surface area contributed by atoms with Crippen molar-refractivity contribution in [3.63, 3.8) is 0 Å². The molecule has 3 N–H and O–H groups in total. The Morgan fingerprint density at radius 2 is 2.24 bits per heavy atom. The van der Waals surface area contributed by atoms with Crippen molar-refractivity contribution in [2.24, 2.45) is 0 Å². The number of rotatable bonds is 4. The van der Waals surface area contributed by atoms with Crippen molar-refractivity contribution in [3.8, 4) is 0 Å². The molecule has 3 amide bonds. The van der Waals surface area contributed by atoms with E-state index < -0.39 is 6.03 Å². The van der Waals surface area contributed by atoms with Gasteiger partial charge in [-0.3, -0.25) is 15.0 Å². The van der Waals surface area contributed by atoms with E-state index in [0.29, 0.717) is 6.04 Å². The number of carbonyl (C=O) groups is 2. The van der Waals surface area contributed by atoms with Gasteiger partial charge >= 0.3 is 6.03 Å². The lowest BCUT2D eigenvalue weighted by molar-refractivity contribution is -0.121. The first-order valence-corrected chi connectivity index (χ1v) is 6.13. The lowest BCUT2D eigenvalue weighted by Gasteiger charge is -2.33. The molecule has 1 fully saturated rings. The van der Waals surface area contributed by atoms with Gasteiger partial charge in [0.25, 0.3) is 0 Å². The summed E-state index contributed by atoms with van der Waals surface area (Å²) >= 11 is 0. The Kier molecular flexibility index (Phi) is 5.93. The lowest BCUT2D eigenvalue weighted by Crippen LogP contribution is -2.50. The van der Waals surface area contributed by atoms with Gasteiger partial charge in [-0.2, -0.15) is 0 Å². The molecule has 0 aromatic carbocycles. The van der Waals surface area contributed by atoms with Crippen molar-refractivity contribution in [2.75, 3.05) is 33.2 Å². The zero-order valence-corrected chi connectivity index (χ0v) is 10.6. The largest absolute Gasteiger partial charge is 0.341 e. The van der Waals surface area contributed by atoms with E-state index in [1.807, 2.05) is 6.92 Å². The molecule has 0 radical (unpaired) electrons. The standard InChI is InChI=1S/C11H22N4O2/c1-3-15(9-5-4-6-13-7-9)8-10(16)14-11(17)12-2/h9,13H,3-8H2,1-2H3,(H2,12,14,16,17). The van der Waals surface area contributed by atoms with Gasteiger partial charge in [0.1, 0.15) is 0 Å². The van der Waals surface area contributed by atoms with Crippen LogP contribution >= 0.6 is 0 Å². The summed E-state index contributed by atoms with van der Waals surface area (Å²) in [5.41, 5.74) is 0. The predicted octanol–water partition coefficient (Wildman–Crippen LogP) is -0.484. The third-order valence-corrected chi connectivity index (χ3v) is 3.02. The first kappa shape index (κ1) is 13.9. The van der Waals surface area contributed by atoms with Gasteiger partial charge in [0.15, 0.2) is 0 Å². The number of likely N-dealkylation sites (N-methyl/N-ethyl adjacent to an activating group) is 1. The maximum Gasteiger partial charge on any atom is 0.321 e. The summed E-state index contributed by atoms with van der Waals surface area (Å²) in [5.74, 6) is -0.253. The fourth-order valence-electron chi connectivity index (χ4n) is 2.06. The first-order valence-electron chi connectivity index (χ1n) is 6.13. The molecule has 0 aromatic rings. The monoisotopic (exact) mass is 242 g/mol. The molecule has 0 saturated carbocycles. The molecule has 1 saturated heterocycles. The molecule has 0 aliphatic carbocycles. The van der Waals surface area contributed by atoms with Gasteiger partial charge < -0.3 is 10.6 Å². The first-order chi connectivity index (χ1) is 8.17. The summed E-state index contributed by atoms with van der Waals surface area (Å²) in [6, 6.07) is -0.0583. The summed E-state index contributed by atoms with van der Waals surface area (Å²) in [5, 5.41) is 7.97. The highest BCUT2D eigenvalue weighted by atomic mass is 16.2. The number of imide groups is 1. The third-order valence-electron chi connectivity index (χ3n) is 3.02. The number of nitrogens with one attached hydrogen (secondary N) is 3. The minimum absolute atomic E-state index is 0.253. The normalized spacial score (nSPS) is 20.1. The topological polar surface area (TPSA) is 73.5 Å². The maximum absolute atomic E-state index is 11.6. The van der Waals surface area contributed by atoms with Gasteiger partial charge in [-0.25, -0.2) is 4.79 Å². The summed E-state index contributed by atoms with van der Waals surface area (Å²) in [6.07, 6.45) is 2.24. The van der Waals surface area contributed by atoms with Crippen LogP contribution in [0.3, 0.4) is 0 Å². The van der Waals surface area contributed by atoms with Crippen molar-refractivity contribution >= 4 is 11.9 Å². The summed E-state index contributed by atoms with van der Waals surface area (Å²) in [6.45, 7) is 5.09. The van der Waals surface area contributed by atoms with E-state index in [0.717, 1.165) is 32.5 Å². The van der Waals surface area contributed by atoms with E-state index in [2.05, 4.69) is 20.9 Å². The smallest absolute Gasteiger partial charge is 0.321 e. The van der Waals surface area contributed by atoms with Crippen LogP contribution in [0.2, 0.25) is 0 Å². The minimum atomic E-state index is -0.451. The number of hydrogen-bond donors (Lipinski definition) is 3. The molecule has 1 aliphatic rings. The molecule has 0 aromatic heterocycles. The Balaban J connectivity index is 2.39. The zero-order chi connectivity index (χ0) is 12.7. The Morgan fingerprint density at radius 3 is 2.76 bits per heavy atom. The Labute approximate surface area is 102 Å². The SMILES string of the molecule is CCN(CC(=O)NC(=O)NC)C1CCCNC1. The quantitative estimate of drug-likeness (QED) is 0.622. The van der Waals surface area contributed by atoms with Crippen LogP contribution in [0.15, 0.2) is 0 Å². The Hall–Kier alpha value is -1.14. The van der Waals surface area contributed by atoms with Crippen LogP contribution in [-0.2, 0) is 4.79 Å². The van der Waals surface area contributed by atoms with Crippen molar-refractivity contribution in [1.29, 1.82) is 0 Å². The lowest BCUT2D eigenvalue weighted by atomic mass is 10.1. The van der Waals surface area contributed by atoms with Crippen LogP contribution in [0, 0.1) is 0 Å². The second kappa shape index (κ2) is 7.24. The van der Waals surface area contributed by atoms with Gasteiger partial charge in [-0.05, 0) is 25.9 Å². The van der Waals surface area contributed by atoms with Crippen LogP contribution in [-0.4, -0.2) is 56.1 Å². The van der Waals surface area contributed by atoms with Crippen molar-refractivity contribution in [1.82, 2.24) is 20.9 Å². The molecule has 1 rings (SSSR count). The summed E-state index contributed by atoms with van der Waals surface area (Å²) in [4.78, 5) is 24.7. The van der Waals surface area contributed by atoms with Gasteiger partial charge in [0.05, 0.1) is 6.54 Å². The molecule has 1 atom stereocenters. The van der Waals surface area contributed by atoms with Gasteiger partial charge in [-0.15, -0.1) is 0 Å². The van der Waals surface area contributed by atoms with Crippen molar-refractivity contribution in [3.05, 3.63) is 0 Å². The van der Waals surface area contributed by atoms with Crippen molar-refractivity contribution < 1.29 is 9.59 Å². The van der Waals surface area contributed by atoms with E-state index >= 15 is 0 Å². The second-order valence-electron chi connectivity index (χ2n) is 4.19. The molecule has 17 heavy (non-hydrogen) atoms. The highest BCUT2D eigenvalue weighted by Gasteiger charge is 2.21. The van der Waals surface area contributed by atoms with Crippen molar-refractivity contribution in [2.45, 2.75) is 25.8 Å². The molecular weight excluding hydrogens is 220 g/mol. The average molecular weight is 242 g/mol. The highest BCUT2D eigenvalue weighted by molar-refractivity contribution is 5.95. The molecule has 6 heteroatoms. The molecule has 1 aliphatic heterocycles. The van der Waals surface area contributed by atoms with E-state index in [1.54, 1.807) is 0 Å². The fourth-order valence-corrected chi connectivity index (χ4v) is 2.06. The van der Waals surface area contributed by atoms with Crippen LogP contribution in [0.5, 0.6) is 0 Å². The predicted molar refractivity (Wildman–Crippen MR) is 65.7 cm³/mol. The molecule has 98 valence electrons. The molecular formula is C11H22N4O2. The molecule has 1 unspecified atom stereocenters. The molecule has 6 nitrogen and oxygen atoms in total. The third kappa shape index (κ3) is 4.70. The average Bonchev–Trinajstić information content (AvgIpc) is 2.36. The Bertz CT molecular complexity index is 264. The zero-order valence-electron chi connectivity index (χ0n) is 10.6. The number of urea groups is 1. The number of nitrogens with zero attached hydrogens (tertiary/aromatic N) is 1. The second-order valence-corrected chi connectivity index (χ2v) is 4.19. The number of amides is 3. The number of carbonyl (C=O) groups excluding carboxylic acids is 2. The van der Waals surface area contributed by atoms with Crippen LogP contribution in [0.25, 0.3) is 0 Å². The van der Waals surface area contributed by atoms with Gasteiger partial charge in [-0.1, -0.05) is 6.92 Å². The van der Waals surface area contributed by atoms with E-state index in [9.17, 15) is 9.59 Å². The number of piperidine rings is 1. The summed E-state index contributed by atoms with van der Waals surface area (Å²) in [7, 11) is 1.49. The molecule has 0 spiro atoms. The number of hydrogen-bond acceptors (Lipinski definition) is 4. The van der Waals surface area contributed by atoms with Crippen LogP contribution in [0.1, 0.15) is 19.8 Å². The highest BCUT2D eigenvalue weighted by Crippen LogP contribution is 2.09. The van der Waals surface area contributed by atoms with Crippen LogP contribution < -0.4 is 16.0 Å². The van der Waals surface area contributed by atoms with E-state index in [1.165, 1.54) is 7.05 Å². The fraction of sp³-hybridized carbons (Fsp3) is 0.818. The van der Waals surface area contributed by atoms with E-state index in [-0.39, 0.29) is 12.5 Å². The van der Waals surface area contributed by atoms with Crippen LogP contribution in [0.4, 0.5) is 4.79 Å². The molecule has 0 bridgehead atoms. The minimum Gasteiger partial charge on any atom is -0.341 e. The molecule has 1 heterocycles. The van der Waals surface area contributed by atoms with Gasteiger partial charge in [0.2, 0.25) is 5.91 Å². The van der Waals surface area contributed by atoms with E-state index in [4.69, 9.17) is 0 Å². The maximum atomic E-state index is 11.6. The summed E-state index contributed by atoms with van der Waals surface area (Å²) < 4.78 is 0.